The van der Waals surface area contributed by atoms with Crippen LogP contribution in [0.15, 0.2) is 36.4 Å². The number of benzene rings is 2. The molecule has 1 aliphatic rings. The van der Waals surface area contributed by atoms with E-state index >= 15 is 0 Å². The van der Waals surface area contributed by atoms with Crippen LogP contribution >= 0.6 is 0 Å². The third-order valence-corrected chi connectivity index (χ3v) is 4.28. The second-order valence-corrected chi connectivity index (χ2v) is 4.98. The molecule has 0 atom stereocenters. The molecule has 1 heterocycles. The van der Waals surface area contributed by atoms with Gasteiger partial charge in [0.1, 0.15) is 0 Å². The van der Waals surface area contributed by atoms with Gasteiger partial charge >= 0.3 is 81.0 Å². The van der Waals surface area contributed by atoms with Gasteiger partial charge in [-0.25, -0.2) is 0 Å². The van der Waals surface area contributed by atoms with Crippen LogP contribution in [0.4, 0.5) is 0 Å². The van der Waals surface area contributed by atoms with E-state index in [-0.39, 0.29) is 21.3 Å². The predicted octanol–water partition coefficient (Wildman–Crippen LogP) is 1.48. The minimum atomic E-state index is -0.380. The maximum atomic E-state index is 5.64. The molecular weight excluding hydrogens is 264 g/mol. The van der Waals surface area contributed by atoms with E-state index in [0.29, 0.717) is 0 Å². The van der Waals surface area contributed by atoms with Gasteiger partial charge in [0.25, 0.3) is 0 Å². The summed E-state index contributed by atoms with van der Waals surface area (Å²) in [6, 6.07) is 12.7. The molecule has 1 nitrogen and oxygen atoms in total. The van der Waals surface area contributed by atoms with E-state index in [0.717, 1.165) is 5.75 Å². The van der Waals surface area contributed by atoms with E-state index < -0.39 is 0 Å². The first-order valence-electron chi connectivity index (χ1n) is 3.81. The van der Waals surface area contributed by atoms with Gasteiger partial charge in [-0.1, -0.05) is 0 Å². The normalized spacial score (nSPS) is 13.3. The fourth-order valence-corrected chi connectivity index (χ4v) is 3.65. The van der Waals surface area contributed by atoms with Crippen LogP contribution in [0.25, 0.3) is 10.8 Å². The molecule has 2 aromatic carbocycles. The van der Waals surface area contributed by atoms with Crippen molar-refractivity contribution in [2.45, 2.75) is 0 Å². The van der Waals surface area contributed by atoms with Crippen molar-refractivity contribution in [1.29, 1.82) is 0 Å². The Hall–Kier alpha value is -0.710. The monoisotopic (exact) mass is 272 g/mol. The average molecular weight is 270 g/mol. The molecule has 0 aliphatic carbocycles. The van der Waals surface area contributed by atoms with Crippen LogP contribution in [0.5, 0.6) is 5.75 Å². The van der Waals surface area contributed by atoms with E-state index in [1.807, 2.05) is 0 Å². The van der Waals surface area contributed by atoms with Crippen LogP contribution in [-0.2, 0) is 0 Å². The summed E-state index contributed by atoms with van der Waals surface area (Å²) in [5.74, 6) is 1.09. The first-order chi connectivity index (χ1) is 5.95. The van der Waals surface area contributed by atoms with Crippen LogP contribution < -0.4 is 6.71 Å². The van der Waals surface area contributed by atoms with Crippen molar-refractivity contribution in [2.24, 2.45) is 0 Å². The Morgan fingerprint density at radius 1 is 1.00 bits per heavy atom. The van der Waals surface area contributed by atoms with Gasteiger partial charge < -0.3 is 0 Å². The van der Waals surface area contributed by atoms with Gasteiger partial charge in [-0.3, -0.25) is 0 Å². The van der Waals surface area contributed by atoms with E-state index in [1.165, 1.54) is 14.4 Å². The van der Waals surface area contributed by atoms with E-state index in [2.05, 4.69) is 36.4 Å². The van der Waals surface area contributed by atoms with Gasteiger partial charge in [0.2, 0.25) is 0 Å². The molecule has 0 unspecified atom stereocenters. The van der Waals surface area contributed by atoms with Crippen molar-refractivity contribution in [3.8, 4) is 5.75 Å². The van der Waals surface area contributed by atoms with Crippen molar-refractivity contribution in [3.05, 3.63) is 36.4 Å². The van der Waals surface area contributed by atoms with E-state index in [1.54, 1.807) is 0 Å². The van der Waals surface area contributed by atoms with Gasteiger partial charge in [0.05, 0.1) is 0 Å². The van der Waals surface area contributed by atoms with Crippen molar-refractivity contribution in [2.75, 3.05) is 0 Å². The first-order valence-corrected chi connectivity index (χ1v) is 5.93. The van der Waals surface area contributed by atoms with Gasteiger partial charge in [0.15, 0.2) is 0 Å². The fourth-order valence-electron chi connectivity index (χ4n) is 1.50. The number of hydrogen-bond acceptors (Lipinski definition) is 1. The molecule has 0 saturated carbocycles. The SMILES string of the molecule is c1cc2c3c(cccc3c1)[Te]O2. The topological polar surface area (TPSA) is 9.23 Å². The Morgan fingerprint density at radius 3 is 2.75 bits per heavy atom. The van der Waals surface area contributed by atoms with E-state index in [9.17, 15) is 0 Å². The molecule has 0 fully saturated rings. The van der Waals surface area contributed by atoms with Crippen molar-refractivity contribution in [1.82, 2.24) is 0 Å². The summed E-state index contributed by atoms with van der Waals surface area (Å²) in [6.07, 6.45) is 0. The zero-order chi connectivity index (χ0) is 7.97. The molecule has 2 heteroatoms. The fraction of sp³-hybridized carbons (Fsp3) is 0. The van der Waals surface area contributed by atoms with Crippen molar-refractivity contribution in [3.63, 3.8) is 0 Å². The molecular formula is C10H6OTe. The van der Waals surface area contributed by atoms with Gasteiger partial charge in [-0.15, -0.1) is 0 Å². The quantitative estimate of drug-likeness (QED) is 0.659. The molecule has 58 valence electrons. The van der Waals surface area contributed by atoms with Gasteiger partial charge in [-0.2, -0.15) is 0 Å². The molecule has 1 aliphatic heterocycles. The summed E-state index contributed by atoms with van der Waals surface area (Å²) < 4.78 is 7.08. The Balaban J connectivity index is 2.58. The molecule has 0 aromatic heterocycles. The molecule has 0 N–H and O–H groups in total. The Morgan fingerprint density at radius 2 is 1.83 bits per heavy atom. The van der Waals surface area contributed by atoms with Crippen molar-refractivity contribution >= 4 is 35.7 Å². The summed E-state index contributed by atoms with van der Waals surface area (Å²) >= 11 is -0.380. The number of rotatable bonds is 0. The molecule has 0 saturated heterocycles. The minimum absolute atomic E-state index is 0.380. The van der Waals surface area contributed by atoms with Crippen molar-refractivity contribution < 1.29 is 3.10 Å². The third kappa shape index (κ3) is 0.798. The zero-order valence-electron chi connectivity index (χ0n) is 6.28. The van der Waals surface area contributed by atoms with Crippen LogP contribution in [0.1, 0.15) is 0 Å². The standard InChI is InChI=1S/C10H6OTe/c1-3-7-4-2-6-9-10(7)8(5-1)11-12-9/h1-6H. The zero-order valence-corrected chi connectivity index (χ0v) is 8.61. The summed E-state index contributed by atoms with van der Waals surface area (Å²) in [5, 5.41) is 2.66. The summed E-state index contributed by atoms with van der Waals surface area (Å²) in [5.41, 5.74) is 0. The third-order valence-electron chi connectivity index (χ3n) is 2.05. The second-order valence-electron chi connectivity index (χ2n) is 2.78. The predicted molar refractivity (Wildman–Crippen MR) is 50.0 cm³/mol. The molecule has 0 amide bonds. The summed E-state index contributed by atoms with van der Waals surface area (Å²) in [4.78, 5) is 0. The van der Waals surface area contributed by atoms with Crippen LogP contribution in [0.2, 0.25) is 0 Å². The molecule has 0 radical (unpaired) electrons. The number of hydrogen-bond donors (Lipinski definition) is 0. The van der Waals surface area contributed by atoms with E-state index in [4.69, 9.17) is 3.10 Å². The summed E-state index contributed by atoms with van der Waals surface area (Å²) in [6.45, 7) is 0. The Kier molecular flexibility index (Phi) is 1.35. The van der Waals surface area contributed by atoms with Crippen LogP contribution in [0, 0.1) is 0 Å². The summed E-state index contributed by atoms with van der Waals surface area (Å²) in [7, 11) is 0. The Bertz CT molecular complexity index is 412. The maximum absolute atomic E-state index is 5.64. The van der Waals surface area contributed by atoms with Crippen LogP contribution in [-0.4, -0.2) is 21.3 Å². The average Bonchev–Trinajstić information content (AvgIpc) is 2.52. The second kappa shape index (κ2) is 2.39. The first kappa shape index (κ1) is 6.77. The molecule has 3 rings (SSSR count). The molecule has 0 spiro atoms. The van der Waals surface area contributed by atoms with Gasteiger partial charge in [-0.05, 0) is 0 Å². The molecule has 0 bridgehead atoms. The Labute approximate surface area is 81.0 Å². The molecule has 2 aromatic rings. The van der Waals surface area contributed by atoms with Gasteiger partial charge in [0, 0.05) is 0 Å². The van der Waals surface area contributed by atoms with Crippen LogP contribution in [0.3, 0.4) is 0 Å². The molecule has 12 heavy (non-hydrogen) atoms.